The molecular formula is C49H35N3O5S4. The van der Waals surface area contributed by atoms with Crippen molar-refractivity contribution in [3.8, 4) is 17.2 Å². The molecule has 6 aromatic carbocycles. The van der Waals surface area contributed by atoms with Gasteiger partial charge in [-0.1, -0.05) is 80.4 Å². The van der Waals surface area contributed by atoms with Gasteiger partial charge < -0.3 is 15.1 Å². The van der Waals surface area contributed by atoms with Crippen molar-refractivity contribution in [1.29, 1.82) is 5.26 Å². The van der Waals surface area contributed by atoms with Gasteiger partial charge in [0.2, 0.25) is 0 Å². The number of carboxylic acids is 2. The Morgan fingerprint density at radius 2 is 1.39 bits per heavy atom. The van der Waals surface area contributed by atoms with Crippen LogP contribution in [0.1, 0.15) is 38.2 Å². The van der Waals surface area contributed by atoms with Gasteiger partial charge >= 0.3 is 11.9 Å². The Bertz CT molecular complexity index is 3550. The molecule has 0 unspecified atom stereocenters. The second-order valence-corrected chi connectivity index (χ2v) is 19.4. The van der Waals surface area contributed by atoms with Crippen molar-refractivity contribution >= 4 is 132 Å². The molecular weight excluding hydrogens is 839 g/mol. The molecule has 8 nitrogen and oxygen atoms in total. The molecule has 9 aromatic rings. The van der Waals surface area contributed by atoms with Crippen LogP contribution in [0.4, 0.5) is 11.4 Å². The Kier molecular flexibility index (Phi) is 10.00. The molecule has 0 bridgehead atoms. The summed E-state index contributed by atoms with van der Waals surface area (Å²) in [6.45, 7) is 2.51. The largest absolute Gasteiger partial charge is 0.480 e. The normalized spacial score (nSPS) is 13.3. The summed E-state index contributed by atoms with van der Waals surface area (Å²) in [7, 11) is 0. The van der Waals surface area contributed by atoms with E-state index in [1.54, 1.807) is 34.8 Å². The van der Waals surface area contributed by atoms with Crippen LogP contribution in [0.3, 0.4) is 0 Å². The molecule has 2 N–H and O–H groups in total. The number of para-hydroxylation sites is 1. The van der Waals surface area contributed by atoms with Crippen molar-refractivity contribution in [2.24, 2.45) is 0 Å². The van der Waals surface area contributed by atoms with E-state index in [-0.39, 0.29) is 9.20 Å². The van der Waals surface area contributed by atoms with Crippen LogP contribution in [0.2, 0.25) is 0 Å². The minimum absolute atomic E-state index is 0.138. The predicted octanol–water partition coefficient (Wildman–Crippen LogP) is 11.3. The Hall–Kier alpha value is -6.23. The molecule has 0 saturated carbocycles. The van der Waals surface area contributed by atoms with Gasteiger partial charge in [-0.2, -0.15) is 5.26 Å². The number of aromatic nitrogens is 1. The number of thiazole rings is 1. The summed E-state index contributed by atoms with van der Waals surface area (Å²) in [6, 6.07) is 38.9. The first-order valence-electron chi connectivity index (χ1n) is 19.9. The van der Waals surface area contributed by atoms with Crippen LogP contribution in [0.5, 0.6) is 0 Å². The first-order valence-corrected chi connectivity index (χ1v) is 23.2. The van der Waals surface area contributed by atoms with E-state index in [4.69, 9.17) is 0 Å². The molecule has 0 saturated heterocycles. The van der Waals surface area contributed by atoms with Crippen molar-refractivity contribution < 1.29 is 19.8 Å². The smallest absolute Gasteiger partial charge is 0.349 e. The van der Waals surface area contributed by atoms with Crippen molar-refractivity contribution in [1.82, 2.24) is 4.57 Å². The third kappa shape index (κ3) is 6.97. The second kappa shape index (κ2) is 15.7. The molecule has 1 aliphatic rings. The maximum absolute atomic E-state index is 13.3. The standard InChI is InChI=1S/C49H35N3O5S4/c1-2-3-4-7-16-51-37-8-5-6-9-39(37)58-42-24-29(14-15-38(42)51)28-12-13-31-23-41-35(21-33(31)19-28)46-45(60-41)34-20-32-17-27(10-11-30(32)22-40(34)59-46)18-43-47(55)52(26-44(53)54)48(61-43)36(25-50)49(56)57/h5-6,8-15,17-24H,2-4,7,16,26H2,1H3,(H,53,54)(H,56,57)/b43-18+,48-36+. The zero-order chi connectivity index (χ0) is 41.9. The number of benzene rings is 6. The lowest BCUT2D eigenvalue weighted by atomic mass is 10.00. The van der Waals surface area contributed by atoms with Crippen LogP contribution in [-0.4, -0.2) is 33.3 Å². The van der Waals surface area contributed by atoms with Crippen molar-refractivity contribution in [2.75, 3.05) is 11.4 Å². The van der Waals surface area contributed by atoms with E-state index < -0.39 is 29.6 Å². The molecule has 61 heavy (non-hydrogen) atoms. The van der Waals surface area contributed by atoms with E-state index in [2.05, 4.69) is 96.8 Å². The first-order chi connectivity index (χ1) is 29.7. The number of unbranched alkanes of at least 4 members (excludes halogenated alkanes) is 3. The minimum atomic E-state index is -1.53. The third-order valence-electron chi connectivity index (χ3n) is 11.3. The molecule has 300 valence electrons. The third-order valence-corrected chi connectivity index (χ3v) is 16.0. The van der Waals surface area contributed by atoms with E-state index in [1.807, 2.05) is 30.0 Å². The number of nitriles is 1. The molecule has 0 spiro atoms. The van der Waals surface area contributed by atoms with Gasteiger partial charge in [-0.05, 0) is 111 Å². The molecule has 1 aliphatic heterocycles. The fourth-order valence-electron chi connectivity index (χ4n) is 8.31. The van der Waals surface area contributed by atoms with Crippen molar-refractivity contribution in [3.63, 3.8) is 0 Å². The van der Waals surface area contributed by atoms with E-state index >= 15 is 0 Å². The molecule has 0 aliphatic carbocycles. The molecule has 0 radical (unpaired) electrons. The van der Waals surface area contributed by atoms with Gasteiger partial charge in [0.15, 0.2) is 5.57 Å². The van der Waals surface area contributed by atoms with Gasteiger partial charge in [0.1, 0.15) is 17.3 Å². The van der Waals surface area contributed by atoms with Gasteiger partial charge in [0.05, 0.1) is 25.3 Å². The number of hydrogen-bond donors (Lipinski definition) is 2. The topological polar surface area (TPSA) is 124 Å². The lowest BCUT2D eigenvalue weighted by Crippen LogP contribution is -2.35. The van der Waals surface area contributed by atoms with E-state index in [1.165, 1.54) is 92.9 Å². The maximum atomic E-state index is 13.3. The van der Waals surface area contributed by atoms with Crippen LogP contribution >= 0.6 is 45.8 Å². The Labute approximate surface area is 365 Å². The number of anilines is 2. The van der Waals surface area contributed by atoms with Crippen LogP contribution in [0.25, 0.3) is 73.9 Å². The average Bonchev–Trinajstić information content (AvgIpc) is 3.88. The number of carboxylic acid groups (broad SMARTS) is 2. The summed E-state index contributed by atoms with van der Waals surface area (Å²) in [5, 5.41) is 35.2. The van der Waals surface area contributed by atoms with Crippen LogP contribution < -0.4 is 19.7 Å². The highest BCUT2D eigenvalue weighted by atomic mass is 32.2. The van der Waals surface area contributed by atoms with Crippen molar-refractivity contribution in [2.45, 2.75) is 48.9 Å². The fourth-order valence-corrected chi connectivity index (χ4v) is 13.2. The molecule has 10 rings (SSSR count). The first kappa shape index (κ1) is 38.9. The van der Waals surface area contributed by atoms with E-state index in [0.29, 0.717) is 5.56 Å². The number of aliphatic carboxylic acids is 2. The lowest BCUT2D eigenvalue weighted by molar-refractivity contribution is -0.138. The SMILES string of the molecule is CCCCCCN1c2ccccc2Sc2cc(-c3ccc4cc5sc6c7cc8cc(/C=c9/s/c(=C(\C#N)C(=O)O)n(CC(=O)O)c9=O)ccc8cc7sc6c5cc4c3)ccc21. The molecule has 12 heteroatoms. The molecule has 0 atom stereocenters. The summed E-state index contributed by atoms with van der Waals surface area (Å²) < 4.78 is 5.66. The quantitative estimate of drug-likeness (QED) is 0.130. The average molecular weight is 874 g/mol. The maximum Gasteiger partial charge on any atom is 0.349 e. The number of hydrogen-bond acceptors (Lipinski definition) is 9. The predicted molar refractivity (Wildman–Crippen MR) is 253 cm³/mol. The Balaban J connectivity index is 1.01. The molecule has 0 amide bonds. The number of nitrogens with zero attached hydrogens (tertiary/aromatic N) is 3. The second-order valence-electron chi connectivity index (χ2n) is 15.2. The summed E-state index contributed by atoms with van der Waals surface area (Å²) in [6.07, 6.45) is 6.51. The summed E-state index contributed by atoms with van der Waals surface area (Å²) in [4.78, 5) is 41.7. The lowest BCUT2D eigenvalue weighted by Gasteiger charge is -2.33. The highest BCUT2D eigenvalue weighted by Crippen LogP contribution is 2.50. The van der Waals surface area contributed by atoms with E-state index in [0.717, 1.165) is 38.6 Å². The number of fused-ring (bicyclic) bond motifs is 9. The highest BCUT2D eigenvalue weighted by Gasteiger charge is 2.24. The monoisotopic (exact) mass is 873 g/mol. The molecule has 4 heterocycles. The van der Waals surface area contributed by atoms with Gasteiger partial charge in [0.25, 0.3) is 5.56 Å². The van der Waals surface area contributed by atoms with Crippen LogP contribution in [0.15, 0.2) is 118 Å². The van der Waals surface area contributed by atoms with Gasteiger partial charge in [0, 0.05) is 36.5 Å². The van der Waals surface area contributed by atoms with Gasteiger partial charge in [-0.25, -0.2) is 4.79 Å². The van der Waals surface area contributed by atoms with Crippen molar-refractivity contribution in [3.05, 3.63) is 128 Å². The van der Waals surface area contributed by atoms with Gasteiger partial charge in [-0.15, -0.1) is 34.0 Å². The zero-order valence-electron chi connectivity index (χ0n) is 32.7. The fraction of sp³-hybridized carbons (Fsp3) is 0.143. The van der Waals surface area contributed by atoms with E-state index in [9.17, 15) is 29.9 Å². The van der Waals surface area contributed by atoms with Crippen LogP contribution in [-0.2, 0) is 16.1 Å². The zero-order valence-corrected chi connectivity index (χ0v) is 36.0. The molecule has 3 aromatic heterocycles. The number of thiophene rings is 2. The Morgan fingerprint density at radius 3 is 2.10 bits per heavy atom. The Morgan fingerprint density at radius 1 is 0.721 bits per heavy atom. The summed E-state index contributed by atoms with van der Waals surface area (Å²) in [5.74, 6) is -2.84. The highest BCUT2D eigenvalue weighted by molar-refractivity contribution is 7.99. The summed E-state index contributed by atoms with van der Waals surface area (Å²) >= 11 is 6.24. The van der Waals surface area contributed by atoms with Gasteiger partial charge in [-0.3, -0.25) is 14.2 Å². The van der Waals surface area contributed by atoms with Crippen LogP contribution in [0, 0.1) is 11.3 Å². The molecule has 0 fully saturated rings. The minimum Gasteiger partial charge on any atom is -0.480 e. The number of carbonyl (C=O) groups is 2. The number of rotatable bonds is 10. The summed E-state index contributed by atoms with van der Waals surface area (Å²) in [5.41, 5.74) is 4.33.